The van der Waals surface area contributed by atoms with Crippen molar-refractivity contribution in [1.82, 2.24) is 0 Å². The van der Waals surface area contributed by atoms with Crippen LogP contribution in [-0.2, 0) is 4.79 Å². The first-order valence-corrected chi connectivity index (χ1v) is 5.08. The molecule has 3 rings (SSSR count). The molecular formula is C11H18O. The predicted molar refractivity (Wildman–Crippen MR) is 48.9 cm³/mol. The Balaban J connectivity index is 2.20. The van der Waals surface area contributed by atoms with E-state index >= 15 is 0 Å². The van der Waals surface area contributed by atoms with Crippen LogP contribution in [0, 0.1) is 10.8 Å². The van der Waals surface area contributed by atoms with Crippen LogP contribution in [-0.4, -0.2) is 5.78 Å². The molecule has 3 aliphatic rings. The number of carbonyl (C=O) groups excluding carboxylic acids is 1. The zero-order valence-electron chi connectivity index (χ0n) is 8.15. The maximum atomic E-state index is 11.5. The van der Waals surface area contributed by atoms with Gasteiger partial charge in [0, 0.05) is 5.41 Å². The standard InChI is InChI=1S/C11H18O/c1-9(12)11-6-3-10(2,4-7-11)5-8-11/h3-8H2,1-2H3. The first-order chi connectivity index (χ1) is 5.56. The molecule has 0 unspecified atom stereocenters. The van der Waals surface area contributed by atoms with Crippen LogP contribution in [0.3, 0.4) is 0 Å². The Morgan fingerprint density at radius 1 is 1.00 bits per heavy atom. The van der Waals surface area contributed by atoms with E-state index in [-0.39, 0.29) is 5.41 Å². The van der Waals surface area contributed by atoms with Crippen LogP contribution >= 0.6 is 0 Å². The number of hydrogen-bond donors (Lipinski definition) is 0. The highest BCUT2D eigenvalue weighted by molar-refractivity contribution is 5.82. The van der Waals surface area contributed by atoms with Gasteiger partial charge in [-0.3, -0.25) is 4.79 Å². The fourth-order valence-electron chi connectivity index (χ4n) is 2.90. The van der Waals surface area contributed by atoms with Crippen LogP contribution in [0.25, 0.3) is 0 Å². The molecular weight excluding hydrogens is 148 g/mol. The van der Waals surface area contributed by atoms with E-state index in [9.17, 15) is 4.79 Å². The van der Waals surface area contributed by atoms with Crippen LogP contribution in [0.4, 0.5) is 0 Å². The SMILES string of the molecule is CC(=O)C12CCC(C)(CC1)CC2. The minimum atomic E-state index is 0.123. The third-order valence-electron chi connectivity index (χ3n) is 4.37. The van der Waals surface area contributed by atoms with Gasteiger partial charge in [0.15, 0.2) is 0 Å². The van der Waals surface area contributed by atoms with Crippen molar-refractivity contribution in [2.24, 2.45) is 10.8 Å². The fraction of sp³-hybridized carbons (Fsp3) is 0.909. The highest BCUT2D eigenvalue weighted by atomic mass is 16.1. The Morgan fingerprint density at radius 2 is 1.42 bits per heavy atom. The monoisotopic (exact) mass is 166 g/mol. The van der Waals surface area contributed by atoms with Gasteiger partial charge in [-0.25, -0.2) is 0 Å². The van der Waals surface area contributed by atoms with Gasteiger partial charge in [-0.15, -0.1) is 0 Å². The molecule has 12 heavy (non-hydrogen) atoms. The van der Waals surface area contributed by atoms with Crippen LogP contribution in [0.15, 0.2) is 0 Å². The molecule has 0 aromatic rings. The second-order valence-corrected chi connectivity index (χ2v) is 5.15. The van der Waals surface area contributed by atoms with Crippen molar-refractivity contribution in [3.05, 3.63) is 0 Å². The second-order valence-electron chi connectivity index (χ2n) is 5.15. The van der Waals surface area contributed by atoms with Crippen LogP contribution in [0.2, 0.25) is 0 Å². The number of carbonyl (C=O) groups is 1. The molecule has 0 N–H and O–H groups in total. The van der Waals surface area contributed by atoms with E-state index in [1.54, 1.807) is 6.92 Å². The molecule has 0 aromatic heterocycles. The molecule has 0 atom stereocenters. The lowest BCUT2D eigenvalue weighted by atomic mass is 9.53. The highest BCUT2D eigenvalue weighted by Crippen LogP contribution is 2.56. The van der Waals surface area contributed by atoms with Gasteiger partial charge < -0.3 is 0 Å². The molecule has 68 valence electrons. The van der Waals surface area contributed by atoms with Gasteiger partial charge in [-0.1, -0.05) is 6.92 Å². The molecule has 0 radical (unpaired) electrons. The summed E-state index contributed by atoms with van der Waals surface area (Å²) in [7, 11) is 0. The van der Waals surface area contributed by atoms with Gasteiger partial charge in [-0.05, 0) is 50.9 Å². The van der Waals surface area contributed by atoms with Gasteiger partial charge in [0.2, 0.25) is 0 Å². The van der Waals surface area contributed by atoms with Crippen molar-refractivity contribution >= 4 is 5.78 Å². The molecule has 0 saturated heterocycles. The topological polar surface area (TPSA) is 17.1 Å². The summed E-state index contributed by atoms with van der Waals surface area (Å²) in [6.45, 7) is 4.17. The number of ketones is 1. The number of rotatable bonds is 1. The van der Waals surface area contributed by atoms with Gasteiger partial charge in [0.1, 0.15) is 5.78 Å². The summed E-state index contributed by atoms with van der Waals surface area (Å²) in [4.78, 5) is 11.5. The van der Waals surface area contributed by atoms with Crippen LogP contribution in [0.5, 0.6) is 0 Å². The smallest absolute Gasteiger partial charge is 0.135 e. The Labute approximate surface area is 74.5 Å². The third-order valence-corrected chi connectivity index (χ3v) is 4.37. The molecule has 3 aliphatic carbocycles. The average Bonchev–Trinajstić information content (AvgIpc) is 2.06. The molecule has 0 spiro atoms. The zero-order valence-corrected chi connectivity index (χ0v) is 8.15. The molecule has 3 saturated carbocycles. The summed E-state index contributed by atoms with van der Waals surface area (Å²) in [5.41, 5.74) is 0.717. The Bertz CT molecular complexity index is 193. The quantitative estimate of drug-likeness (QED) is 0.585. The maximum absolute atomic E-state index is 11.5. The fourth-order valence-corrected chi connectivity index (χ4v) is 2.90. The van der Waals surface area contributed by atoms with Crippen molar-refractivity contribution in [3.8, 4) is 0 Å². The average molecular weight is 166 g/mol. The van der Waals surface area contributed by atoms with E-state index in [2.05, 4.69) is 6.92 Å². The molecule has 0 heterocycles. The van der Waals surface area contributed by atoms with E-state index in [4.69, 9.17) is 0 Å². The Kier molecular flexibility index (Phi) is 1.61. The van der Waals surface area contributed by atoms with Crippen molar-refractivity contribution in [2.75, 3.05) is 0 Å². The molecule has 1 heteroatoms. The molecule has 0 aromatic carbocycles. The van der Waals surface area contributed by atoms with Gasteiger partial charge in [0.25, 0.3) is 0 Å². The number of fused-ring (bicyclic) bond motifs is 3. The van der Waals surface area contributed by atoms with E-state index in [1.165, 1.54) is 38.5 Å². The summed E-state index contributed by atoms with van der Waals surface area (Å²) < 4.78 is 0. The van der Waals surface area contributed by atoms with E-state index in [1.807, 2.05) is 0 Å². The third kappa shape index (κ3) is 1.02. The number of Topliss-reactive ketones (excluding diaryl/α,β-unsaturated/α-hetero) is 1. The maximum Gasteiger partial charge on any atom is 0.135 e. The van der Waals surface area contributed by atoms with E-state index < -0.39 is 0 Å². The molecule has 3 fully saturated rings. The van der Waals surface area contributed by atoms with E-state index in [0.29, 0.717) is 11.2 Å². The molecule has 0 amide bonds. The predicted octanol–water partition coefficient (Wildman–Crippen LogP) is 2.94. The van der Waals surface area contributed by atoms with Gasteiger partial charge in [-0.2, -0.15) is 0 Å². The lowest BCUT2D eigenvalue weighted by Crippen LogP contribution is -2.43. The molecule has 0 aliphatic heterocycles. The molecule has 2 bridgehead atoms. The van der Waals surface area contributed by atoms with Crippen molar-refractivity contribution in [1.29, 1.82) is 0 Å². The Hall–Kier alpha value is -0.330. The van der Waals surface area contributed by atoms with Crippen molar-refractivity contribution in [3.63, 3.8) is 0 Å². The normalized spacial score (nSPS) is 46.2. The van der Waals surface area contributed by atoms with Crippen molar-refractivity contribution < 1.29 is 4.79 Å². The van der Waals surface area contributed by atoms with Crippen LogP contribution < -0.4 is 0 Å². The molecule has 1 nitrogen and oxygen atoms in total. The summed E-state index contributed by atoms with van der Waals surface area (Å²) in [5.74, 6) is 0.448. The van der Waals surface area contributed by atoms with Gasteiger partial charge >= 0.3 is 0 Å². The lowest BCUT2D eigenvalue weighted by molar-refractivity contribution is -0.135. The van der Waals surface area contributed by atoms with Crippen LogP contribution in [0.1, 0.15) is 52.4 Å². The Morgan fingerprint density at radius 3 is 1.75 bits per heavy atom. The number of hydrogen-bond acceptors (Lipinski definition) is 1. The summed E-state index contributed by atoms with van der Waals surface area (Å²) in [6.07, 6.45) is 7.35. The summed E-state index contributed by atoms with van der Waals surface area (Å²) >= 11 is 0. The van der Waals surface area contributed by atoms with Gasteiger partial charge in [0.05, 0.1) is 0 Å². The summed E-state index contributed by atoms with van der Waals surface area (Å²) in [6, 6.07) is 0. The van der Waals surface area contributed by atoms with Crippen molar-refractivity contribution in [2.45, 2.75) is 52.4 Å². The first-order valence-electron chi connectivity index (χ1n) is 5.08. The first kappa shape index (κ1) is 8.28. The second kappa shape index (κ2) is 2.34. The highest BCUT2D eigenvalue weighted by Gasteiger charge is 2.48. The zero-order chi connectivity index (χ0) is 8.82. The minimum Gasteiger partial charge on any atom is -0.299 e. The largest absolute Gasteiger partial charge is 0.299 e. The summed E-state index contributed by atoms with van der Waals surface area (Å²) in [5, 5.41) is 0. The lowest BCUT2D eigenvalue weighted by Gasteiger charge is -2.50. The minimum absolute atomic E-state index is 0.123. The van der Waals surface area contributed by atoms with E-state index in [0.717, 1.165) is 0 Å².